The quantitative estimate of drug-likeness (QED) is 0.374. The van der Waals surface area contributed by atoms with Crippen LogP contribution < -0.4 is 5.32 Å². The first-order valence-corrected chi connectivity index (χ1v) is 10.3. The Labute approximate surface area is 165 Å². The number of nitrogens with one attached hydrogen (secondary N) is 1. The van der Waals surface area contributed by atoms with Gasteiger partial charge >= 0.3 is 0 Å². The van der Waals surface area contributed by atoms with Crippen LogP contribution in [0.5, 0.6) is 0 Å². The first kappa shape index (κ1) is 21.2. The topological polar surface area (TPSA) is 19.6 Å². The van der Waals surface area contributed by atoms with E-state index in [9.17, 15) is 0 Å². The molecule has 0 heterocycles. The van der Waals surface area contributed by atoms with Gasteiger partial charge in [0.05, 0.1) is 6.57 Å². The normalized spacial score (nSPS) is 10.9. The number of hydrogen-bond acceptors (Lipinski definition) is 2. The Bertz CT molecular complexity index is 675. The predicted octanol–water partition coefficient (Wildman–Crippen LogP) is 5.90. The Hall–Kier alpha value is -2.15. The maximum atomic E-state index is 7.04. The molecule has 144 valence electrons. The molecule has 0 atom stereocenters. The van der Waals surface area contributed by atoms with Gasteiger partial charge in [0.15, 0.2) is 5.69 Å². The van der Waals surface area contributed by atoms with Crippen LogP contribution in [0.15, 0.2) is 48.5 Å². The third-order valence-corrected chi connectivity index (χ3v) is 4.87. The van der Waals surface area contributed by atoms with Crippen molar-refractivity contribution in [3.8, 4) is 11.1 Å². The van der Waals surface area contributed by atoms with E-state index in [1.54, 1.807) is 0 Å². The smallest absolute Gasteiger partial charge is 0.187 e. The summed E-state index contributed by atoms with van der Waals surface area (Å²) in [6.45, 7) is 17.1. The van der Waals surface area contributed by atoms with Crippen molar-refractivity contribution < 1.29 is 0 Å². The van der Waals surface area contributed by atoms with Crippen molar-refractivity contribution in [1.82, 2.24) is 10.2 Å². The number of hydrogen-bond donors (Lipinski definition) is 1. The van der Waals surface area contributed by atoms with Gasteiger partial charge in [-0.2, -0.15) is 0 Å². The zero-order chi connectivity index (χ0) is 19.3. The lowest BCUT2D eigenvalue weighted by molar-refractivity contribution is 0.264. The summed E-state index contributed by atoms with van der Waals surface area (Å²) < 4.78 is 0. The highest BCUT2D eigenvalue weighted by molar-refractivity contribution is 5.66. The Morgan fingerprint density at radius 3 is 1.89 bits per heavy atom. The monoisotopic (exact) mass is 363 g/mol. The molecule has 0 aliphatic rings. The molecule has 0 aliphatic heterocycles. The molecule has 2 aromatic carbocycles. The molecule has 0 fully saturated rings. The SMILES string of the molecule is [C-]#[N+]c1ccc(-c2ccc(CNCCN(CCCC)CCCC)cc2)cc1. The first-order valence-electron chi connectivity index (χ1n) is 10.3. The van der Waals surface area contributed by atoms with Crippen LogP contribution in [0.3, 0.4) is 0 Å². The molecule has 0 unspecified atom stereocenters. The molecule has 0 aliphatic carbocycles. The summed E-state index contributed by atoms with van der Waals surface area (Å²) in [7, 11) is 0. The summed E-state index contributed by atoms with van der Waals surface area (Å²) in [6, 6.07) is 16.5. The van der Waals surface area contributed by atoms with E-state index in [1.165, 1.54) is 49.9 Å². The van der Waals surface area contributed by atoms with E-state index in [0.29, 0.717) is 5.69 Å². The van der Waals surface area contributed by atoms with E-state index in [2.05, 4.69) is 53.2 Å². The van der Waals surface area contributed by atoms with E-state index < -0.39 is 0 Å². The third-order valence-electron chi connectivity index (χ3n) is 4.87. The number of benzene rings is 2. The fraction of sp³-hybridized carbons (Fsp3) is 0.458. The van der Waals surface area contributed by atoms with E-state index in [0.717, 1.165) is 25.2 Å². The highest BCUT2D eigenvalue weighted by Crippen LogP contribution is 2.23. The Balaban J connectivity index is 1.77. The van der Waals surface area contributed by atoms with Gasteiger partial charge in [-0.05, 0) is 42.6 Å². The van der Waals surface area contributed by atoms with E-state index >= 15 is 0 Å². The van der Waals surface area contributed by atoms with Gasteiger partial charge in [-0.3, -0.25) is 0 Å². The predicted molar refractivity (Wildman–Crippen MR) is 116 cm³/mol. The average Bonchev–Trinajstić information content (AvgIpc) is 2.73. The van der Waals surface area contributed by atoms with Gasteiger partial charge in [-0.25, -0.2) is 4.85 Å². The Kier molecular flexibility index (Phi) is 9.62. The van der Waals surface area contributed by atoms with Crippen molar-refractivity contribution >= 4 is 5.69 Å². The molecule has 2 rings (SSSR count). The zero-order valence-corrected chi connectivity index (χ0v) is 16.9. The second-order valence-electron chi connectivity index (χ2n) is 7.08. The molecule has 1 N–H and O–H groups in total. The van der Waals surface area contributed by atoms with Gasteiger partial charge in [-0.15, -0.1) is 0 Å². The minimum absolute atomic E-state index is 0.687. The van der Waals surface area contributed by atoms with E-state index in [4.69, 9.17) is 6.57 Å². The number of nitrogens with zero attached hydrogens (tertiary/aromatic N) is 2. The van der Waals surface area contributed by atoms with Crippen LogP contribution in [0.4, 0.5) is 5.69 Å². The number of rotatable bonds is 12. The van der Waals surface area contributed by atoms with Gasteiger partial charge in [0.1, 0.15) is 0 Å². The summed E-state index contributed by atoms with van der Waals surface area (Å²) in [4.78, 5) is 6.04. The van der Waals surface area contributed by atoms with Crippen LogP contribution in [-0.4, -0.2) is 31.1 Å². The van der Waals surface area contributed by atoms with Gasteiger partial charge < -0.3 is 10.2 Å². The summed E-state index contributed by atoms with van der Waals surface area (Å²) >= 11 is 0. The molecule has 0 saturated carbocycles. The summed E-state index contributed by atoms with van der Waals surface area (Å²) in [5.74, 6) is 0. The molecule has 0 radical (unpaired) electrons. The van der Waals surface area contributed by atoms with E-state index in [1.807, 2.05) is 24.3 Å². The standard InChI is InChI=1S/C24H33N3/c1-4-6-17-27(18-7-5-2)19-16-26-20-21-8-10-22(11-9-21)23-12-14-24(25-3)15-13-23/h8-15,26H,4-7,16-20H2,1-2H3. The second kappa shape index (κ2) is 12.3. The van der Waals surface area contributed by atoms with Crippen LogP contribution in [0.1, 0.15) is 45.1 Å². The van der Waals surface area contributed by atoms with Crippen LogP contribution in [0.25, 0.3) is 16.0 Å². The molecular formula is C24H33N3. The van der Waals surface area contributed by atoms with Gasteiger partial charge in [-0.1, -0.05) is 75.2 Å². The van der Waals surface area contributed by atoms with Crippen molar-refractivity contribution in [2.75, 3.05) is 26.2 Å². The maximum Gasteiger partial charge on any atom is 0.187 e. The highest BCUT2D eigenvalue weighted by Gasteiger charge is 2.04. The summed E-state index contributed by atoms with van der Waals surface area (Å²) in [5, 5.41) is 3.58. The second-order valence-corrected chi connectivity index (χ2v) is 7.08. The fourth-order valence-electron chi connectivity index (χ4n) is 3.11. The first-order chi connectivity index (χ1) is 13.3. The van der Waals surface area contributed by atoms with Crippen LogP contribution >= 0.6 is 0 Å². The largest absolute Gasteiger partial charge is 0.311 e. The highest BCUT2D eigenvalue weighted by atomic mass is 15.1. The summed E-state index contributed by atoms with van der Waals surface area (Å²) in [6.07, 6.45) is 5.12. The lowest BCUT2D eigenvalue weighted by Gasteiger charge is -2.22. The van der Waals surface area contributed by atoms with Gasteiger partial charge in [0.25, 0.3) is 0 Å². The molecule has 3 heteroatoms. The van der Waals surface area contributed by atoms with Crippen molar-refractivity contribution in [3.05, 3.63) is 65.5 Å². The fourth-order valence-corrected chi connectivity index (χ4v) is 3.11. The molecule has 2 aromatic rings. The minimum atomic E-state index is 0.687. The van der Waals surface area contributed by atoms with Crippen LogP contribution in [0, 0.1) is 6.57 Å². The lowest BCUT2D eigenvalue weighted by atomic mass is 10.0. The van der Waals surface area contributed by atoms with Crippen LogP contribution in [0.2, 0.25) is 0 Å². The van der Waals surface area contributed by atoms with Crippen molar-refractivity contribution in [3.63, 3.8) is 0 Å². The van der Waals surface area contributed by atoms with Crippen molar-refractivity contribution in [2.45, 2.75) is 46.1 Å². The number of unbranched alkanes of at least 4 members (excludes halogenated alkanes) is 2. The lowest BCUT2D eigenvalue weighted by Crippen LogP contribution is -2.33. The maximum absolute atomic E-state index is 7.04. The molecule has 27 heavy (non-hydrogen) atoms. The average molecular weight is 364 g/mol. The summed E-state index contributed by atoms with van der Waals surface area (Å²) in [5.41, 5.74) is 4.35. The van der Waals surface area contributed by atoms with Gasteiger partial charge in [0, 0.05) is 19.6 Å². The van der Waals surface area contributed by atoms with Crippen molar-refractivity contribution in [1.29, 1.82) is 0 Å². The zero-order valence-electron chi connectivity index (χ0n) is 16.9. The molecule has 3 nitrogen and oxygen atoms in total. The molecule has 0 amide bonds. The molecule has 0 aromatic heterocycles. The molecule has 0 bridgehead atoms. The molecule has 0 spiro atoms. The molecular weight excluding hydrogens is 330 g/mol. The third kappa shape index (κ3) is 7.54. The Morgan fingerprint density at radius 2 is 1.37 bits per heavy atom. The van der Waals surface area contributed by atoms with Crippen molar-refractivity contribution in [2.24, 2.45) is 0 Å². The van der Waals surface area contributed by atoms with Crippen LogP contribution in [-0.2, 0) is 6.54 Å². The Morgan fingerprint density at radius 1 is 0.815 bits per heavy atom. The van der Waals surface area contributed by atoms with Gasteiger partial charge in [0.2, 0.25) is 0 Å². The van der Waals surface area contributed by atoms with E-state index in [-0.39, 0.29) is 0 Å². The molecule has 0 saturated heterocycles. The minimum Gasteiger partial charge on any atom is -0.311 e.